The molecule has 0 rings (SSSR count). The van der Waals surface area contributed by atoms with E-state index in [9.17, 15) is 43.2 Å². The van der Waals surface area contributed by atoms with Gasteiger partial charge in [-0.05, 0) is 57.3 Å². The van der Waals surface area contributed by atoms with Gasteiger partial charge in [0.1, 0.15) is 19.3 Å². The van der Waals surface area contributed by atoms with Gasteiger partial charge in [-0.25, -0.2) is 9.13 Å². The van der Waals surface area contributed by atoms with Crippen LogP contribution in [0.3, 0.4) is 0 Å². The van der Waals surface area contributed by atoms with E-state index in [1.54, 1.807) is 0 Å². The third-order valence-corrected chi connectivity index (χ3v) is 19.3. The summed E-state index contributed by atoms with van der Waals surface area (Å²) < 4.78 is 68.4. The van der Waals surface area contributed by atoms with E-state index in [1.807, 2.05) is 0 Å². The van der Waals surface area contributed by atoms with Crippen molar-refractivity contribution in [1.82, 2.24) is 0 Å². The molecule has 0 aliphatic carbocycles. The number of carbonyl (C=O) groups excluding carboxylic acids is 4. The lowest BCUT2D eigenvalue weighted by Gasteiger charge is -2.21. The minimum absolute atomic E-state index is 0.102. The molecule has 17 nitrogen and oxygen atoms in total. The van der Waals surface area contributed by atoms with Crippen molar-refractivity contribution in [2.75, 3.05) is 39.6 Å². The molecule has 0 saturated heterocycles. The summed E-state index contributed by atoms with van der Waals surface area (Å²) in [5, 5.41) is 10.6. The molecule has 0 saturated carbocycles. The Balaban J connectivity index is 5.21. The fraction of sp³-hybridized carbons (Fsp3) is 0.896. The van der Waals surface area contributed by atoms with Crippen LogP contribution in [0, 0.1) is 5.92 Å². The first-order chi connectivity index (χ1) is 46.5. The zero-order chi connectivity index (χ0) is 70.5. The number of rotatable bonds is 75. The highest BCUT2D eigenvalue weighted by atomic mass is 31.2. The number of carbonyl (C=O) groups is 4. The van der Waals surface area contributed by atoms with Crippen LogP contribution in [0.2, 0.25) is 0 Å². The first kappa shape index (κ1) is 93.5. The number of aliphatic hydroxyl groups excluding tert-OH is 1. The van der Waals surface area contributed by atoms with Crippen molar-refractivity contribution in [1.29, 1.82) is 0 Å². The number of allylic oxidation sites excluding steroid dienone is 4. The number of esters is 4. The van der Waals surface area contributed by atoms with Crippen molar-refractivity contribution in [3.63, 3.8) is 0 Å². The molecular formula is C77H146O17P2. The number of phosphoric acid groups is 2. The van der Waals surface area contributed by atoms with Crippen LogP contribution in [0.4, 0.5) is 0 Å². The second-order valence-corrected chi connectivity index (χ2v) is 30.4. The molecule has 566 valence electrons. The van der Waals surface area contributed by atoms with Gasteiger partial charge in [0.05, 0.1) is 26.4 Å². The van der Waals surface area contributed by atoms with E-state index in [0.29, 0.717) is 25.7 Å². The standard InChI is InChI=1S/C77H146O17P2/c1-6-9-12-15-18-20-22-24-26-27-28-29-30-32-34-38-42-47-52-57-62-76(81)94-73(67-88-75(80)61-56-51-46-41-37-33-31-25-23-21-19-16-13-10-7-2)69-92-96(85,86)90-65-71(78)64-89-95(83,84)91-68-72(66-87-74(79)60-55-50-44-17-14-11-8-3)93-77(82)63-58-53-48-43-39-35-36-40-45-49-54-59-70(4)5/h21,23,25,31,70-73,78H,6-20,22,24,26-30,32-69H2,1-5H3,(H,83,84)(H,85,86)/b23-21-,31-25-/t71-,72+,73+/m0/s1. The van der Waals surface area contributed by atoms with Gasteiger partial charge in [-0.1, -0.05) is 329 Å². The van der Waals surface area contributed by atoms with Gasteiger partial charge in [-0.15, -0.1) is 0 Å². The van der Waals surface area contributed by atoms with Crippen LogP contribution < -0.4 is 0 Å². The third-order valence-electron chi connectivity index (χ3n) is 17.4. The molecule has 3 N–H and O–H groups in total. The SMILES string of the molecule is CCCCCC/C=C\C=C/CCCCCCCC(=O)OC[C@H](COP(=O)(O)OC[C@@H](O)COP(=O)(O)OC[C@@H](COC(=O)CCCCCCCCC)OC(=O)CCCCCCCCCCCCCC(C)C)OC(=O)CCCCCCCCCCCCCCCCCCCCCC. The lowest BCUT2D eigenvalue weighted by Crippen LogP contribution is -2.30. The van der Waals surface area contributed by atoms with Gasteiger partial charge in [-0.3, -0.25) is 37.3 Å². The van der Waals surface area contributed by atoms with Crippen molar-refractivity contribution in [3.05, 3.63) is 24.3 Å². The van der Waals surface area contributed by atoms with Gasteiger partial charge in [0.2, 0.25) is 0 Å². The molecule has 96 heavy (non-hydrogen) atoms. The van der Waals surface area contributed by atoms with E-state index in [1.165, 1.54) is 173 Å². The quantitative estimate of drug-likeness (QED) is 0.0169. The normalized spacial score (nSPS) is 14.1. The Morgan fingerprint density at radius 2 is 0.562 bits per heavy atom. The maximum atomic E-state index is 13.1. The Bertz CT molecular complexity index is 1930. The molecule has 19 heteroatoms. The minimum Gasteiger partial charge on any atom is -0.462 e. The summed E-state index contributed by atoms with van der Waals surface area (Å²) in [6.07, 6.45) is 62.0. The van der Waals surface area contributed by atoms with E-state index >= 15 is 0 Å². The average Bonchev–Trinajstić information content (AvgIpc) is 1.46. The molecule has 0 heterocycles. The topological polar surface area (TPSA) is 237 Å². The van der Waals surface area contributed by atoms with Crippen LogP contribution in [-0.2, 0) is 65.4 Å². The summed E-state index contributed by atoms with van der Waals surface area (Å²) in [6.45, 7) is 7.19. The van der Waals surface area contributed by atoms with Gasteiger partial charge in [-0.2, -0.15) is 0 Å². The maximum Gasteiger partial charge on any atom is 0.472 e. The Labute approximate surface area is 586 Å². The van der Waals surface area contributed by atoms with E-state index in [4.69, 9.17) is 37.0 Å². The van der Waals surface area contributed by atoms with Gasteiger partial charge in [0, 0.05) is 25.7 Å². The number of phosphoric ester groups is 2. The number of aliphatic hydroxyl groups is 1. The van der Waals surface area contributed by atoms with Crippen LogP contribution in [0.5, 0.6) is 0 Å². The monoisotopic (exact) mass is 1410 g/mol. The molecule has 0 radical (unpaired) electrons. The molecule has 0 aromatic carbocycles. The van der Waals surface area contributed by atoms with Crippen molar-refractivity contribution in [2.24, 2.45) is 5.92 Å². The summed E-state index contributed by atoms with van der Waals surface area (Å²) >= 11 is 0. The molecule has 0 spiro atoms. The molecule has 2 unspecified atom stereocenters. The van der Waals surface area contributed by atoms with Gasteiger partial charge >= 0.3 is 39.5 Å². The van der Waals surface area contributed by atoms with Gasteiger partial charge in [0.25, 0.3) is 0 Å². The number of hydrogen-bond acceptors (Lipinski definition) is 15. The maximum absolute atomic E-state index is 13.1. The molecule has 0 amide bonds. The van der Waals surface area contributed by atoms with E-state index in [2.05, 4.69) is 58.9 Å². The first-order valence-corrected chi connectivity index (χ1v) is 42.4. The predicted molar refractivity (Wildman–Crippen MR) is 391 cm³/mol. The molecule has 0 aromatic heterocycles. The molecule has 0 fully saturated rings. The fourth-order valence-corrected chi connectivity index (χ4v) is 12.9. The van der Waals surface area contributed by atoms with Crippen LogP contribution >= 0.6 is 15.6 Å². The van der Waals surface area contributed by atoms with Gasteiger partial charge < -0.3 is 33.8 Å². The Morgan fingerprint density at radius 1 is 0.323 bits per heavy atom. The second-order valence-electron chi connectivity index (χ2n) is 27.5. The van der Waals surface area contributed by atoms with Gasteiger partial charge in [0.15, 0.2) is 12.2 Å². The minimum atomic E-state index is -4.96. The summed E-state index contributed by atoms with van der Waals surface area (Å²) in [4.78, 5) is 72.7. The van der Waals surface area contributed by atoms with E-state index in [-0.39, 0.29) is 25.7 Å². The molecule has 0 bridgehead atoms. The van der Waals surface area contributed by atoms with Crippen LogP contribution in [-0.4, -0.2) is 96.7 Å². The highest BCUT2D eigenvalue weighted by Crippen LogP contribution is 2.45. The van der Waals surface area contributed by atoms with E-state index < -0.39 is 97.5 Å². The van der Waals surface area contributed by atoms with Crippen LogP contribution in [0.25, 0.3) is 0 Å². The highest BCUT2D eigenvalue weighted by Gasteiger charge is 2.30. The number of ether oxygens (including phenoxy) is 4. The third kappa shape index (κ3) is 70.0. The Morgan fingerprint density at radius 3 is 0.854 bits per heavy atom. The Kier molecular flexibility index (Phi) is 67.8. The molecular weight excluding hydrogens is 1260 g/mol. The van der Waals surface area contributed by atoms with Crippen molar-refractivity contribution >= 4 is 39.5 Å². The lowest BCUT2D eigenvalue weighted by molar-refractivity contribution is -0.161. The molecule has 0 aromatic rings. The van der Waals surface area contributed by atoms with Crippen molar-refractivity contribution in [2.45, 2.75) is 400 Å². The zero-order valence-electron chi connectivity index (χ0n) is 62.0. The fourth-order valence-electron chi connectivity index (χ4n) is 11.3. The predicted octanol–water partition coefficient (Wildman–Crippen LogP) is 22.4. The Hall–Kier alpha value is -2.46. The van der Waals surface area contributed by atoms with Crippen molar-refractivity contribution < 1.29 is 80.2 Å². The number of hydrogen-bond donors (Lipinski definition) is 3. The largest absolute Gasteiger partial charge is 0.472 e. The van der Waals surface area contributed by atoms with Crippen LogP contribution in [0.1, 0.15) is 381 Å². The second kappa shape index (κ2) is 69.6. The zero-order valence-corrected chi connectivity index (χ0v) is 63.8. The summed E-state index contributed by atoms with van der Waals surface area (Å²) in [6, 6.07) is 0. The van der Waals surface area contributed by atoms with Crippen LogP contribution in [0.15, 0.2) is 24.3 Å². The average molecular weight is 1410 g/mol. The first-order valence-electron chi connectivity index (χ1n) is 39.5. The summed E-state index contributed by atoms with van der Waals surface area (Å²) in [5.74, 6) is -1.38. The summed E-state index contributed by atoms with van der Waals surface area (Å²) in [5.41, 5.74) is 0. The smallest absolute Gasteiger partial charge is 0.462 e. The molecule has 0 aliphatic rings. The molecule has 0 aliphatic heterocycles. The van der Waals surface area contributed by atoms with Crippen molar-refractivity contribution in [3.8, 4) is 0 Å². The summed E-state index contributed by atoms with van der Waals surface area (Å²) in [7, 11) is -9.92. The highest BCUT2D eigenvalue weighted by molar-refractivity contribution is 7.47. The molecule has 5 atom stereocenters. The number of unbranched alkanes of at least 4 members (excludes halogenated alkanes) is 44. The lowest BCUT2D eigenvalue weighted by atomic mass is 10.0. The van der Waals surface area contributed by atoms with E-state index in [0.717, 1.165) is 128 Å².